The zero-order valence-corrected chi connectivity index (χ0v) is 18.6. The predicted molar refractivity (Wildman–Crippen MR) is 130 cm³/mol. The highest BCUT2D eigenvalue weighted by molar-refractivity contribution is 5.91. The first kappa shape index (κ1) is 22.3. The normalized spacial score (nSPS) is 15.4. The van der Waals surface area contributed by atoms with E-state index in [0.29, 0.717) is 0 Å². The van der Waals surface area contributed by atoms with Crippen LogP contribution in [0.5, 0.6) is 0 Å². The van der Waals surface area contributed by atoms with Gasteiger partial charge in [-0.25, -0.2) is 4.79 Å². The van der Waals surface area contributed by atoms with E-state index < -0.39 is 0 Å². The third-order valence-corrected chi connectivity index (χ3v) is 5.89. The summed E-state index contributed by atoms with van der Waals surface area (Å²) in [6.07, 6.45) is 0. The molecule has 1 atom stereocenters. The number of fused-ring (bicyclic) bond motifs is 1. The first-order valence-electron chi connectivity index (χ1n) is 11.3. The van der Waals surface area contributed by atoms with Crippen LogP contribution in [-0.4, -0.2) is 50.3 Å². The number of carbonyl (C=O) groups is 1. The second-order valence-electron chi connectivity index (χ2n) is 8.22. The van der Waals surface area contributed by atoms with Gasteiger partial charge in [0.15, 0.2) is 0 Å². The van der Waals surface area contributed by atoms with Gasteiger partial charge in [-0.05, 0) is 41.0 Å². The van der Waals surface area contributed by atoms with Crippen molar-refractivity contribution in [3.8, 4) is 0 Å². The molecule has 0 saturated carbocycles. The minimum atomic E-state index is -0.207. The highest BCUT2D eigenvalue weighted by Gasteiger charge is 2.12. The molecule has 0 spiro atoms. The van der Waals surface area contributed by atoms with E-state index in [0.717, 1.165) is 62.6 Å². The number of nitrogens with zero attached hydrogens (tertiary/aromatic N) is 1. The molecule has 3 aromatic carbocycles. The Hall–Kier alpha value is -2.93. The van der Waals surface area contributed by atoms with Crippen molar-refractivity contribution in [2.75, 3.05) is 44.7 Å². The number of amides is 2. The van der Waals surface area contributed by atoms with Crippen LogP contribution in [-0.2, 0) is 11.3 Å². The molecule has 0 aliphatic carbocycles. The molecule has 3 N–H and O–H groups in total. The number of morpholine rings is 1. The molecule has 4 rings (SSSR count). The van der Waals surface area contributed by atoms with Crippen LogP contribution >= 0.6 is 0 Å². The quantitative estimate of drug-likeness (QED) is 0.468. The number of ether oxygens (including phenoxy) is 1. The summed E-state index contributed by atoms with van der Waals surface area (Å²) in [5.74, 6) is 0. The van der Waals surface area contributed by atoms with Crippen molar-refractivity contribution in [2.24, 2.45) is 0 Å². The van der Waals surface area contributed by atoms with Crippen LogP contribution in [0, 0.1) is 0 Å². The summed E-state index contributed by atoms with van der Waals surface area (Å²) in [6.45, 7) is 8.52. The summed E-state index contributed by atoms with van der Waals surface area (Å²) < 4.78 is 5.38. The molecular weight excluding hydrogens is 400 g/mol. The number of hydrogen-bond acceptors (Lipinski definition) is 4. The van der Waals surface area contributed by atoms with Crippen LogP contribution in [0.25, 0.3) is 10.8 Å². The Balaban J connectivity index is 1.23. The van der Waals surface area contributed by atoms with Crippen molar-refractivity contribution in [2.45, 2.75) is 19.5 Å². The van der Waals surface area contributed by atoms with E-state index in [2.05, 4.69) is 45.1 Å². The molecule has 0 radical (unpaired) electrons. The lowest BCUT2D eigenvalue weighted by atomic mass is 10.00. The fraction of sp³-hybridized carbons (Fsp3) is 0.346. The first-order chi connectivity index (χ1) is 15.7. The Bertz CT molecular complexity index is 1010. The molecule has 1 aliphatic rings. The van der Waals surface area contributed by atoms with Crippen molar-refractivity contribution in [3.05, 3.63) is 77.9 Å². The molecule has 6 heteroatoms. The third-order valence-electron chi connectivity index (χ3n) is 5.89. The number of urea groups is 1. The summed E-state index contributed by atoms with van der Waals surface area (Å²) in [5, 5.41) is 11.8. The molecule has 6 nitrogen and oxygen atoms in total. The molecule has 1 fully saturated rings. The summed E-state index contributed by atoms with van der Waals surface area (Å²) in [4.78, 5) is 14.9. The molecule has 3 aromatic rings. The van der Waals surface area contributed by atoms with Gasteiger partial charge in [-0.1, -0.05) is 54.6 Å². The van der Waals surface area contributed by atoms with E-state index in [1.807, 2.05) is 49.4 Å². The maximum atomic E-state index is 12.5. The molecule has 168 valence electrons. The number of anilines is 1. The molecule has 1 heterocycles. The van der Waals surface area contributed by atoms with Gasteiger partial charge in [0.25, 0.3) is 0 Å². The standard InChI is InChI=1S/C26H32N4O2/c1-20(24-8-4-6-22-5-2-3-7-25(22)24)28-26(31)29-23-11-9-21(10-12-23)19-27-13-14-30-15-17-32-18-16-30/h2-12,20,27H,13-19H2,1H3,(H2,28,29,31). The highest BCUT2D eigenvalue weighted by Crippen LogP contribution is 2.24. The maximum absolute atomic E-state index is 12.5. The number of carbonyl (C=O) groups excluding carboxylic acids is 1. The number of benzene rings is 3. The summed E-state index contributed by atoms with van der Waals surface area (Å²) in [5.41, 5.74) is 3.09. The first-order valence-corrected chi connectivity index (χ1v) is 11.3. The van der Waals surface area contributed by atoms with E-state index in [4.69, 9.17) is 4.74 Å². The summed E-state index contributed by atoms with van der Waals surface area (Å²) >= 11 is 0. The zero-order chi connectivity index (χ0) is 22.2. The molecule has 1 unspecified atom stereocenters. The van der Waals surface area contributed by atoms with E-state index >= 15 is 0 Å². The third kappa shape index (κ3) is 6.07. The van der Waals surface area contributed by atoms with Crippen molar-refractivity contribution in [3.63, 3.8) is 0 Å². The van der Waals surface area contributed by atoms with Gasteiger partial charge in [0.05, 0.1) is 19.3 Å². The molecule has 0 aromatic heterocycles. The molecule has 1 saturated heterocycles. The Morgan fingerprint density at radius 3 is 2.56 bits per heavy atom. The van der Waals surface area contributed by atoms with Crippen LogP contribution in [0.3, 0.4) is 0 Å². The summed E-state index contributed by atoms with van der Waals surface area (Å²) in [6, 6.07) is 22.1. The van der Waals surface area contributed by atoms with Crippen LogP contribution in [0.1, 0.15) is 24.1 Å². The minimum absolute atomic E-state index is 0.101. The second-order valence-corrected chi connectivity index (χ2v) is 8.22. The largest absolute Gasteiger partial charge is 0.379 e. The number of nitrogens with one attached hydrogen (secondary N) is 3. The van der Waals surface area contributed by atoms with Gasteiger partial charge >= 0.3 is 6.03 Å². The molecule has 1 aliphatic heterocycles. The van der Waals surface area contributed by atoms with Crippen LogP contribution in [0.2, 0.25) is 0 Å². The van der Waals surface area contributed by atoms with Crippen LogP contribution in [0.4, 0.5) is 10.5 Å². The summed E-state index contributed by atoms with van der Waals surface area (Å²) in [7, 11) is 0. The lowest BCUT2D eigenvalue weighted by molar-refractivity contribution is 0.0384. The fourth-order valence-electron chi connectivity index (χ4n) is 4.07. The Kier molecular flexibility index (Phi) is 7.72. The zero-order valence-electron chi connectivity index (χ0n) is 18.6. The number of hydrogen-bond donors (Lipinski definition) is 3. The van der Waals surface area contributed by atoms with Gasteiger partial charge in [0.1, 0.15) is 0 Å². The highest BCUT2D eigenvalue weighted by atomic mass is 16.5. The van der Waals surface area contributed by atoms with Crippen molar-refractivity contribution >= 4 is 22.5 Å². The van der Waals surface area contributed by atoms with Gasteiger partial charge in [-0.15, -0.1) is 0 Å². The Morgan fingerprint density at radius 1 is 1.00 bits per heavy atom. The lowest BCUT2D eigenvalue weighted by Gasteiger charge is -2.26. The monoisotopic (exact) mass is 432 g/mol. The topological polar surface area (TPSA) is 65.6 Å². The van der Waals surface area contributed by atoms with E-state index in [1.54, 1.807) is 0 Å². The van der Waals surface area contributed by atoms with Gasteiger partial charge in [0.2, 0.25) is 0 Å². The van der Waals surface area contributed by atoms with Crippen LogP contribution in [0.15, 0.2) is 66.7 Å². The second kappa shape index (κ2) is 11.1. The molecule has 32 heavy (non-hydrogen) atoms. The number of rotatable bonds is 8. The molecule has 2 amide bonds. The van der Waals surface area contributed by atoms with E-state index in [1.165, 1.54) is 10.9 Å². The fourth-order valence-corrected chi connectivity index (χ4v) is 4.07. The molecule has 0 bridgehead atoms. The van der Waals surface area contributed by atoms with Gasteiger partial charge < -0.3 is 20.7 Å². The SMILES string of the molecule is CC(NC(=O)Nc1ccc(CNCCN2CCOCC2)cc1)c1cccc2ccccc12. The van der Waals surface area contributed by atoms with Gasteiger partial charge in [-0.3, -0.25) is 4.90 Å². The maximum Gasteiger partial charge on any atom is 0.319 e. The van der Waals surface area contributed by atoms with Crippen molar-refractivity contribution in [1.29, 1.82) is 0 Å². The van der Waals surface area contributed by atoms with Crippen LogP contribution < -0.4 is 16.0 Å². The average Bonchev–Trinajstić information content (AvgIpc) is 2.83. The average molecular weight is 433 g/mol. The predicted octanol–water partition coefficient (Wildman–Crippen LogP) is 4.14. The molecular formula is C26H32N4O2. The Morgan fingerprint density at radius 2 is 1.75 bits per heavy atom. The van der Waals surface area contributed by atoms with Gasteiger partial charge in [-0.2, -0.15) is 0 Å². The van der Waals surface area contributed by atoms with Crippen molar-refractivity contribution in [1.82, 2.24) is 15.5 Å². The van der Waals surface area contributed by atoms with E-state index in [-0.39, 0.29) is 12.1 Å². The lowest BCUT2D eigenvalue weighted by Crippen LogP contribution is -2.40. The van der Waals surface area contributed by atoms with Gasteiger partial charge in [0, 0.05) is 38.4 Å². The minimum Gasteiger partial charge on any atom is -0.379 e. The van der Waals surface area contributed by atoms with Crippen molar-refractivity contribution < 1.29 is 9.53 Å². The van der Waals surface area contributed by atoms with E-state index in [9.17, 15) is 4.79 Å². The Labute approximate surface area is 189 Å². The smallest absolute Gasteiger partial charge is 0.319 e.